The molecule has 0 spiro atoms. The highest BCUT2D eigenvalue weighted by Crippen LogP contribution is 2.39. The van der Waals surface area contributed by atoms with Crippen LogP contribution in [0.1, 0.15) is 103 Å². The molecule has 0 aliphatic heterocycles. The van der Waals surface area contributed by atoms with Gasteiger partial charge in [0.1, 0.15) is 5.75 Å². The Hall–Kier alpha value is -0.980. The number of hydrogen-bond donors (Lipinski definition) is 1. The van der Waals surface area contributed by atoms with Crippen LogP contribution in [0, 0.1) is 5.92 Å². The maximum atomic E-state index is 10.4. The Bertz CT molecular complexity index is 399. The molecule has 0 heterocycles. The fraction of sp³-hybridized carbons (Fsp3) is 0.727. The second-order valence-corrected chi connectivity index (χ2v) is 7.06. The first-order chi connectivity index (χ1) is 11.2. The summed E-state index contributed by atoms with van der Waals surface area (Å²) < 4.78 is 0. The molecule has 0 radical (unpaired) electrons. The van der Waals surface area contributed by atoms with Crippen LogP contribution in [0.4, 0.5) is 0 Å². The lowest BCUT2D eigenvalue weighted by atomic mass is 9.77. The van der Waals surface area contributed by atoms with Crippen molar-refractivity contribution in [3.05, 3.63) is 29.8 Å². The monoisotopic (exact) mass is 318 g/mol. The molecule has 2 unspecified atom stereocenters. The molecular weight excluding hydrogens is 280 g/mol. The highest BCUT2D eigenvalue weighted by Gasteiger charge is 2.24. The molecule has 0 saturated carbocycles. The molecule has 2 atom stereocenters. The zero-order chi connectivity index (χ0) is 16.9. The van der Waals surface area contributed by atoms with Gasteiger partial charge in [0.15, 0.2) is 0 Å². The van der Waals surface area contributed by atoms with E-state index in [9.17, 15) is 5.11 Å². The van der Waals surface area contributed by atoms with Crippen LogP contribution < -0.4 is 0 Å². The van der Waals surface area contributed by atoms with Gasteiger partial charge in [-0.2, -0.15) is 0 Å². The van der Waals surface area contributed by atoms with Crippen LogP contribution in [0.5, 0.6) is 5.75 Å². The predicted octanol–water partition coefficient (Wildman–Crippen LogP) is 7.44. The van der Waals surface area contributed by atoms with Crippen molar-refractivity contribution < 1.29 is 5.11 Å². The van der Waals surface area contributed by atoms with Gasteiger partial charge in [-0.15, -0.1) is 0 Å². The molecule has 0 amide bonds. The average Bonchev–Trinajstić information content (AvgIpc) is 2.56. The van der Waals surface area contributed by atoms with Crippen molar-refractivity contribution in [3.63, 3.8) is 0 Å². The second kappa shape index (κ2) is 12.4. The van der Waals surface area contributed by atoms with E-state index in [0.717, 1.165) is 5.92 Å². The summed E-state index contributed by atoms with van der Waals surface area (Å²) in [6, 6.07) is 8.05. The summed E-state index contributed by atoms with van der Waals surface area (Å²) in [5, 5.41) is 10.4. The van der Waals surface area contributed by atoms with Crippen LogP contribution in [-0.4, -0.2) is 5.11 Å². The molecule has 1 rings (SSSR count). The number of phenols is 1. The van der Waals surface area contributed by atoms with Crippen LogP contribution >= 0.6 is 0 Å². The van der Waals surface area contributed by atoms with Crippen LogP contribution in [-0.2, 0) is 0 Å². The van der Waals surface area contributed by atoms with Crippen molar-refractivity contribution in [1.29, 1.82) is 0 Å². The Kier molecular flexibility index (Phi) is 10.9. The number of phenolic OH excluding ortho intramolecular Hbond substituents is 1. The Balaban J connectivity index is 2.83. The van der Waals surface area contributed by atoms with Crippen molar-refractivity contribution in [2.75, 3.05) is 0 Å². The van der Waals surface area contributed by atoms with Crippen LogP contribution in [0.3, 0.4) is 0 Å². The number of benzene rings is 1. The first-order valence-electron chi connectivity index (χ1n) is 10.0. The van der Waals surface area contributed by atoms with E-state index in [-0.39, 0.29) is 0 Å². The molecule has 1 heteroatoms. The summed E-state index contributed by atoms with van der Waals surface area (Å²) in [5.74, 6) is 1.76. The lowest BCUT2D eigenvalue weighted by molar-refractivity contribution is 0.323. The van der Waals surface area contributed by atoms with E-state index in [0.29, 0.717) is 11.7 Å². The van der Waals surface area contributed by atoms with Crippen molar-refractivity contribution in [1.82, 2.24) is 0 Å². The Morgan fingerprint density at radius 3 is 2.04 bits per heavy atom. The van der Waals surface area contributed by atoms with E-state index in [1.807, 2.05) is 12.1 Å². The fourth-order valence-corrected chi connectivity index (χ4v) is 3.81. The highest BCUT2D eigenvalue weighted by atomic mass is 16.3. The third kappa shape index (κ3) is 7.42. The summed E-state index contributed by atoms with van der Waals surface area (Å²) in [7, 11) is 0. The van der Waals surface area contributed by atoms with Crippen LogP contribution in [0.2, 0.25) is 0 Å². The summed E-state index contributed by atoms with van der Waals surface area (Å²) in [5.41, 5.74) is 1.19. The van der Waals surface area contributed by atoms with Gasteiger partial charge in [0.25, 0.3) is 0 Å². The number of unbranched alkanes of at least 4 members (excludes halogenated alkanes) is 5. The van der Waals surface area contributed by atoms with E-state index in [4.69, 9.17) is 0 Å². The van der Waals surface area contributed by atoms with E-state index in [1.165, 1.54) is 76.2 Å². The molecule has 132 valence electrons. The highest BCUT2D eigenvalue weighted by molar-refractivity contribution is 5.35. The SMILES string of the molecule is CCCCCCC(c1ccccc1O)C(CCC)CCCCC. The minimum absolute atomic E-state index is 0.504. The quantitative estimate of drug-likeness (QED) is 0.375. The molecule has 0 bridgehead atoms. The third-order valence-corrected chi connectivity index (χ3v) is 5.11. The maximum absolute atomic E-state index is 10.4. The van der Waals surface area contributed by atoms with E-state index in [1.54, 1.807) is 0 Å². The van der Waals surface area contributed by atoms with Crippen LogP contribution in [0.15, 0.2) is 24.3 Å². The Morgan fingerprint density at radius 1 is 0.739 bits per heavy atom. The van der Waals surface area contributed by atoms with Gasteiger partial charge in [0, 0.05) is 0 Å². The van der Waals surface area contributed by atoms with Gasteiger partial charge in [-0.05, 0) is 36.3 Å². The second-order valence-electron chi connectivity index (χ2n) is 7.06. The zero-order valence-electron chi connectivity index (χ0n) is 15.7. The lowest BCUT2D eigenvalue weighted by Crippen LogP contribution is -2.14. The summed E-state index contributed by atoms with van der Waals surface area (Å²) >= 11 is 0. The van der Waals surface area contributed by atoms with E-state index in [2.05, 4.69) is 32.9 Å². The lowest BCUT2D eigenvalue weighted by Gasteiger charge is -2.28. The van der Waals surface area contributed by atoms with Crippen molar-refractivity contribution >= 4 is 0 Å². The Labute approximate surface area is 144 Å². The predicted molar refractivity (Wildman–Crippen MR) is 102 cm³/mol. The zero-order valence-corrected chi connectivity index (χ0v) is 15.7. The normalized spacial score (nSPS) is 13.9. The van der Waals surface area contributed by atoms with Gasteiger partial charge >= 0.3 is 0 Å². The molecule has 0 aliphatic rings. The molecule has 0 aromatic heterocycles. The summed E-state index contributed by atoms with van der Waals surface area (Å²) in [6.45, 7) is 6.84. The van der Waals surface area contributed by atoms with Gasteiger partial charge in [-0.1, -0.05) is 96.8 Å². The molecule has 0 saturated heterocycles. The molecule has 1 nitrogen and oxygen atoms in total. The molecule has 1 N–H and O–H groups in total. The van der Waals surface area contributed by atoms with Crippen LogP contribution in [0.25, 0.3) is 0 Å². The van der Waals surface area contributed by atoms with E-state index < -0.39 is 0 Å². The molecule has 1 aromatic rings. The first kappa shape index (κ1) is 20.1. The fourth-order valence-electron chi connectivity index (χ4n) is 3.81. The first-order valence-corrected chi connectivity index (χ1v) is 10.0. The topological polar surface area (TPSA) is 20.2 Å². The smallest absolute Gasteiger partial charge is 0.119 e. The number of rotatable bonds is 13. The Morgan fingerprint density at radius 2 is 1.39 bits per heavy atom. The summed E-state index contributed by atoms with van der Waals surface area (Å²) in [4.78, 5) is 0. The van der Waals surface area contributed by atoms with E-state index >= 15 is 0 Å². The van der Waals surface area contributed by atoms with Gasteiger partial charge in [-0.3, -0.25) is 0 Å². The van der Waals surface area contributed by atoms with Crippen molar-refractivity contribution in [2.24, 2.45) is 5.92 Å². The molecule has 1 aromatic carbocycles. The standard InChI is InChI=1S/C22H38O/c1-4-7-9-11-16-20(21-17-12-13-18-22(21)23)19(14-6-3)15-10-8-5-2/h12-13,17-20,23H,4-11,14-16H2,1-3H3. The average molecular weight is 319 g/mol. The summed E-state index contributed by atoms with van der Waals surface area (Å²) in [6.07, 6.45) is 14.3. The number of hydrogen-bond acceptors (Lipinski definition) is 1. The number of aromatic hydroxyl groups is 1. The molecule has 23 heavy (non-hydrogen) atoms. The molecular formula is C22H38O. The van der Waals surface area contributed by atoms with Gasteiger partial charge < -0.3 is 5.11 Å². The minimum Gasteiger partial charge on any atom is -0.508 e. The van der Waals surface area contributed by atoms with Gasteiger partial charge in [0.05, 0.1) is 0 Å². The van der Waals surface area contributed by atoms with Crippen molar-refractivity contribution in [2.45, 2.75) is 97.3 Å². The molecule has 0 aliphatic carbocycles. The number of para-hydroxylation sites is 1. The maximum Gasteiger partial charge on any atom is 0.119 e. The largest absolute Gasteiger partial charge is 0.508 e. The van der Waals surface area contributed by atoms with Gasteiger partial charge in [0.2, 0.25) is 0 Å². The molecule has 0 fully saturated rings. The minimum atomic E-state index is 0.504. The van der Waals surface area contributed by atoms with Crippen molar-refractivity contribution in [3.8, 4) is 5.75 Å². The third-order valence-electron chi connectivity index (χ3n) is 5.11. The van der Waals surface area contributed by atoms with Gasteiger partial charge in [-0.25, -0.2) is 0 Å².